The topological polar surface area (TPSA) is 54.0 Å². The molecule has 0 N–H and O–H groups in total. The molecule has 2 aliphatic carbocycles. The lowest BCUT2D eigenvalue weighted by atomic mass is 9.53. The summed E-state index contributed by atoms with van der Waals surface area (Å²) in [4.78, 5) is 23.3. The van der Waals surface area contributed by atoms with Gasteiger partial charge in [-0.05, 0) is 61.0 Å². The number of fused-ring (bicyclic) bond motifs is 3. The first-order chi connectivity index (χ1) is 14.0. The average molecular weight is 401 g/mol. The van der Waals surface area contributed by atoms with E-state index in [1.807, 2.05) is 24.3 Å². The first-order valence-electron chi connectivity index (χ1n) is 10.8. The molecular formula is C24H32O5. The Morgan fingerprint density at radius 1 is 1.14 bits per heavy atom. The van der Waals surface area contributed by atoms with Gasteiger partial charge in [-0.15, -0.1) is 0 Å². The van der Waals surface area contributed by atoms with Gasteiger partial charge in [-0.25, -0.2) is 9.68 Å². The van der Waals surface area contributed by atoms with E-state index < -0.39 is 11.4 Å². The van der Waals surface area contributed by atoms with Gasteiger partial charge in [0.25, 0.3) is 5.79 Å². The molecule has 1 saturated heterocycles. The van der Waals surface area contributed by atoms with Crippen molar-refractivity contribution in [2.75, 3.05) is 14.2 Å². The Bertz CT molecular complexity index is 766. The minimum atomic E-state index is -0.884. The smallest absolute Gasteiger partial charge is 0.330 e. The van der Waals surface area contributed by atoms with Crippen molar-refractivity contribution in [1.82, 2.24) is 0 Å². The second-order valence-corrected chi connectivity index (χ2v) is 8.98. The van der Waals surface area contributed by atoms with Gasteiger partial charge in [-0.3, -0.25) is 0 Å². The predicted octanol–water partition coefficient (Wildman–Crippen LogP) is 4.85. The maximum atomic E-state index is 11.3. The van der Waals surface area contributed by atoms with E-state index >= 15 is 0 Å². The lowest BCUT2D eigenvalue weighted by Crippen LogP contribution is -2.74. The molecule has 2 saturated carbocycles. The van der Waals surface area contributed by atoms with Crippen LogP contribution in [0, 0.1) is 23.7 Å². The highest BCUT2D eigenvalue weighted by molar-refractivity contribution is 5.86. The largest absolute Gasteiger partial charge is 0.466 e. The van der Waals surface area contributed by atoms with Gasteiger partial charge >= 0.3 is 5.97 Å². The van der Waals surface area contributed by atoms with Crippen LogP contribution >= 0.6 is 0 Å². The van der Waals surface area contributed by atoms with Gasteiger partial charge in [0.1, 0.15) is 0 Å². The zero-order valence-electron chi connectivity index (χ0n) is 17.9. The average Bonchev–Trinajstić information content (AvgIpc) is 2.72. The van der Waals surface area contributed by atoms with Crippen molar-refractivity contribution in [2.45, 2.75) is 57.3 Å². The molecule has 2 bridgehead atoms. The molecule has 1 aliphatic heterocycles. The summed E-state index contributed by atoms with van der Waals surface area (Å²) >= 11 is 0. The summed E-state index contributed by atoms with van der Waals surface area (Å²) in [6.07, 6.45) is 9.05. The molecule has 0 radical (unpaired) electrons. The quantitative estimate of drug-likeness (QED) is 0.402. The van der Waals surface area contributed by atoms with Gasteiger partial charge in [-0.1, -0.05) is 44.5 Å². The van der Waals surface area contributed by atoms with Crippen molar-refractivity contribution in [2.24, 2.45) is 23.7 Å². The number of carbonyl (C=O) groups is 1. The molecule has 1 aromatic carbocycles. The molecule has 4 rings (SSSR count). The third-order valence-corrected chi connectivity index (χ3v) is 7.37. The summed E-state index contributed by atoms with van der Waals surface area (Å²) in [5, 5.41) is 0. The van der Waals surface area contributed by atoms with Crippen LogP contribution in [-0.4, -0.2) is 25.8 Å². The summed E-state index contributed by atoms with van der Waals surface area (Å²) in [5.41, 5.74) is 1.45. The zero-order chi connectivity index (χ0) is 20.6. The zero-order valence-corrected chi connectivity index (χ0v) is 17.9. The van der Waals surface area contributed by atoms with E-state index in [0.717, 1.165) is 29.9 Å². The highest BCUT2D eigenvalue weighted by atomic mass is 17.3. The van der Waals surface area contributed by atoms with Crippen LogP contribution in [0.15, 0.2) is 30.3 Å². The van der Waals surface area contributed by atoms with Crippen LogP contribution in [0.2, 0.25) is 0 Å². The first-order valence-corrected chi connectivity index (χ1v) is 10.8. The van der Waals surface area contributed by atoms with E-state index in [0.29, 0.717) is 17.8 Å². The summed E-state index contributed by atoms with van der Waals surface area (Å²) in [5.74, 6) is 1.08. The van der Waals surface area contributed by atoms with Gasteiger partial charge < -0.3 is 9.47 Å². The number of ether oxygens (including phenoxy) is 2. The van der Waals surface area contributed by atoms with E-state index in [9.17, 15) is 4.79 Å². The molecule has 6 unspecified atom stereocenters. The van der Waals surface area contributed by atoms with Crippen molar-refractivity contribution in [3.63, 3.8) is 0 Å². The van der Waals surface area contributed by atoms with Gasteiger partial charge in [0.05, 0.1) is 7.11 Å². The van der Waals surface area contributed by atoms with Gasteiger partial charge in [-0.2, -0.15) is 4.89 Å². The van der Waals surface area contributed by atoms with E-state index in [2.05, 4.69) is 18.6 Å². The standard InChI is InChI=1S/C24H32O5/c1-5-19-14-18-12-16(2)13-21(15-18)23(19)24(27-4,29-28-23)20-9-6-17(7-10-20)8-11-22(25)26-3/h6-11,16,18-19,21H,5,12-15H2,1-4H3/b11-8+. The molecule has 6 atom stereocenters. The Kier molecular flexibility index (Phi) is 5.58. The highest BCUT2D eigenvalue weighted by Crippen LogP contribution is 2.65. The number of hydrogen-bond acceptors (Lipinski definition) is 5. The highest BCUT2D eigenvalue weighted by Gasteiger charge is 2.74. The van der Waals surface area contributed by atoms with Crippen molar-refractivity contribution in [3.05, 3.63) is 41.5 Å². The van der Waals surface area contributed by atoms with Crippen molar-refractivity contribution in [1.29, 1.82) is 0 Å². The number of benzene rings is 1. The number of hydrogen-bond donors (Lipinski definition) is 0. The number of methoxy groups -OCH3 is 2. The van der Waals surface area contributed by atoms with Gasteiger partial charge in [0, 0.05) is 18.7 Å². The molecule has 3 fully saturated rings. The molecule has 5 heteroatoms. The molecule has 0 amide bonds. The molecule has 0 aromatic heterocycles. The lowest BCUT2D eigenvalue weighted by molar-refractivity contribution is -0.642. The Morgan fingerprint density at radius 2 is 1.90 bits per heavy atom. The van der Waals surface area contributed by atoms with Crippen LogP contribution in [0.5, 0.6) is 0 Å². The van der Waals surface area contributed by atoms with E-state index in [4.69, 9.17) is 14.5 Å². The Morgan fingerprint density at radius 3 is 2.48 bits per heavy atom. The molecule has 29 heavy (non-hydrogen) atoms. The molecular weight excluding hydrogens is 368 g/mol. The molecule has 1 aromatic rings. The number of carbonyl (C=O) groups excluding carboxylic acids is 1. The maximum absolute atomic E-state index is 11.3. The van der Waals surface area contributed by atoms with E-state index in [-0.39, 0.29) is 5.97 Å². The number of rotatable bonds is 5. The number of esters is 1. The van der Waals surface area contributed by atoms with Crippen LogP contribution in [0.4, 0.5) is 0 Å². The molecule has 158 valence electrons. The Hall–Kier alpha value is -1.69. The van der Waals surface area contributed by atoms with Crippen molar-refractivity contribution in [3.8, 4) is 0 Å². The van der Waals surface area contributed by atoms with Crippen LogP contribution in [0.3, 0.4) is 0 Å². The van der Waals surface area contributed by atoms with Crippen molar-refractivity contribution < 1.29 is 24.0 Å². The normalized spacial score (nSPS) is 38.8. The minimum absolute atomic E-state index is 0.369. The Balaban J connectivity index is 1.67. The molecule has 5 nitrogen and oxygen atoms in total. The fraction of sp³-hybridized carbons (Fsp3) is 0.625. The third-order valence-electron chi connectivity index (χ3n) is 7.37. The lowest BCUT2D eigenvalue weighted by Gasteiger charge is -2.65. The first kappa shape index (κ1) is 20.6. The summed E-state index contributed by atoms with van der Waals surface area (Å²) < 4.78 is 10.8. The monoisotopic (exact) mass is 400 g/mol. The molecule has 3 aliphatic rings. The summed E-state index contributed by atoms with van der Waals surface area (Å²) in [7, 11) is 3.09. The fourth-order valence-corrected chi connectivity index (χ4v) is 6.19. The van der Waals surface area contributed by atoms with Crippen molar-refractivity contribution >= 4 is 12.0 Å². The fourth-order valence-electron chi connectivity index (χ4n) is 6.19. The maximum Gasteiger partial charge on any atom is 0.330 e. The SMILES string of the molecule is CCC1CC2CC(C)CC(C2)C12OOC2(OC)c1ccc(/C=C/C(=O)OC)cc1. The predicted molar refractivity (Wildman–Crippen MR) is 109 cm³/mol. The van der Waals surface area contributed by atoms with Crippen LogP contribution in [0.1, 0.15) is 57.1 Å². The van der Waals surface area contributed by atoms with E-state index in [1.54, 1.807) is 13.2 Å². The van der Waals surface area contributed by atoms with Crippen LogP contribution < -0.4 is 0 Å². The molecule has 1 spiro atoms. The minimum Gasteiger partial charge on any atom is -0.466 e. The third kappa shape index (κ3) is 3.15. The Labute approximate surface area is 173 Å². The second-order valence-electron chi connectivity index (χ2n) is 8.98. The second kappa shape index (κ2) is 7.86. The van der Waals surface area contributed by atoms with Crippen LogP contribution in [0.25, 0.3) is 6.08 Å². The van der Waals surface area contributed by atoms with Crippen LogP contribution in [-0.2, 0) is 29.8 Å². The van der Waals surface area contributed by atoms with E-state index in [1.165, 1.54) is 32.4 Å². The van der Waals surface area contributed by atoms with Gasteiger partial charge in [0.15, 0.2) is 5.60 Å². The molecule has 1 heterocycles. The summed E-state index contributed by atoms with van der Waals surface area (Å²) in [6.45, 7) is 4.61. The summed E-state index contributed by atoms with van der Waals surface area (Å²) in [6, 6.07) is 7.99. The van der Waals surface area contributed by atoms with Gasteiger partial charge in [0.2, 0.25) is 0 Å².